The summed E-state index contributed by atoms with van der Waals surface area (Å²) in [4.78, 5) is 7.26. The van der Waals surface area contributed by atoms with Crippen LogP contribution in [0.25, 0.3) is 27.6 Å². The molecule has 2 aromatic carbocycles. The summed E-state index contributed by atoms with van der Waals surface area (Å²) in [5, 5.41) is 3.49. The smallest absolute Gasteiger partial charge is 0.151 e. The van der Waals surface area contributed by atoms with Gasteiger partial charge in [0, 0.05) is 32.9 Å². The van der Waals surface area contributed by atoms with E-state index in [0.29, 0.717) is 0 Å². The fourth-order valence-electron chi connectivity index (χ4n) is 3.71. The van der Waals surface area contributed by atoms with E-state index in [2.05, 4.69) is 58.8 Å². The van der Waals surface area contributed by atoms with Crippen molar-refractivity contribution in [3.05, 3.63) is 60.3 Å². The summed E-state index contributed by atoms with van der Waals surface area (Å²) in [6, 6.07) is 17.8. The maximum Gasteiger partial charge on any atom is 0.151 e. The van der Waals surface area contributed by atoms with E-state index in [1.165, 1.54) is 49.3 Å². The first-order valence-electron chi connectivity index (χ1n) is 8.19. The molecule has 0 saturated carbocycles. The van der Waals surface area contributed by atoms with Crippen molar-refractivity contribution in [1.29, 1.82) is 0 Å². The second-order valence-electron chi connectivity index (χ2n) is 6.43. The van der Waals surface area contributed by atoms with Gasteiger partial charge >= 0.3 is 0 Å². The minimum absolute atomic E-state index is 0.824. The Morgan fingerprint density at radius 3 is 2.88 bits per heavy atom. The Labute approximate surface area is 148 Å². The van der Waals surface area contributed by atoms with Gasteiger partial charge in [-0.05, 0) is 36.2 Å². The van der Waals surface area contributed by atoms with Gasteiger partial charge in [0.1, 0.15) is 0 Å². The van der Waals surface area contributed by atoms with Crippen LogP contribution in [0.15, 0.2) is 64.5 Å². The maximum absolute atomic E-state index is 4.71. The molecular weight excluding hydrogens is 332 g/mol. The van der Waals surface area contributed by atoms with Crippen molar-refractivity contribution in [3.63, 3.8) is 0 Å². The lowest BCUT2D eigenvalue weighted by atomic mass is 10.1. The molecule has 2 aliphatic rings. The van der Waals surface area contributed by atoms with Gasteiger partial charge in [-0.3, -0.25) is 4.57 Å². The number of hydrogen-bond donors (Lipinski definition) is 0. The molecule has 2 aromatic heterocycles. The molecule has 4 aromatic rings. The molecule has 1 fully saturated rings. The molecule has 0 radical (unpaired) electrons. The van der Waals surface area contributed by atoms with Crippen LogP contribution >= 0.6 is 23.5 Å². The Bertz CT molecular complexity index is 1130. The van der Waals surface area contributed by atoms with Crippen molar-refractivity contribution < 1.29 is 0 Å². The number of para-hydroxylation sites is 1. The van der Waals surface area contributed by atoms with Crippen LogP contribution in [-0.2, 0) is 6.42 Å². The Morgan fingerprint density at radius 2 is 1.96 bits per heavy atom. The molecule has 24 heavy (non-hydrogen) atoms. The summed E-state index contributed by atoms with van der Waals surface area (Å²) >= 11 is 3.89. The lowest BCUT2D eigenvalue weighted by Crippen LogP contribution is -2.04. The van der Waals surface area contributed by atoms with Crippen LogP contribution in [0.1, 0.15) is 5.56 Å². The van der Waals surface area contributed by atoms with Crippen LogP contribution in [-0.4, -0.2) is 20.6 Å². The molecule has 0 N–H and O–H groups in total. The van der Waals surface area contributed by atoms with Crippen molar-refractivity contribution in [2.75, 3.05) is 5.75 Å². The van der Waals surface area contributed by atoms with Crippen molar-refractivity contribution in [1.82, 2.24) is 9.55 Å². The maximum atomic E-state index is 4.71. The predicted octanol–water partition coefficient (Wildman–Crippen LogP) is 5.30. The van der Waals surface area contributed by atoms with Crippen molar-refractivity contribution in [2.45, 2.75) is 21.5 Å². The van der Waals surface area contributed by atoms with Gasteiger partial charge in [0.25, 0.3) is 0 Å². The van der Waals surface area contributed by atoms with Gasteiger partial charge in [0.15, 0.2) is 5.82 Å². The number of rotatable bonds is 2. The lowest BCUT2D eigenvalue weighted by molar-refractivity contribution is 0.997. The van der Waals surface area contributed by atoms with Crippen molar-refractivity contribution >= 4 is 45.3 Å². The van der Waals surface area contributed by atoms with Gasteiger partial charge in [-0.1, -0.05) is 36.0 Å². The van der Waals surface area contributed by atoms with E-state index in [1.807, 2.05) is 24.0 Å². The fourth-order valence-corrected chi connectivity index (χ4v) is 5.33. The van der Waals surface area contributed by atoms with Gasteiger partial charge in [0.2, 0.25) is 0 Å². The van der Waals surface area contributed by atoms with E-state index in [1.54, 1.807) is 0 Å². The quantitative estimate of drug-likeness (QED) is 0.404. The van der Waals surface area contributed by atoms with Gasteiger partial charge in [-0.2, -0.15) is 11.8 Å². The summed E-state index contributed by atoms with van der Waals surface area (Å²) < 4.78 is 2.37. The third kappa shape index (κ3) is 1.84. The third-order valence-electron chi connectivity index (χ3n) is 4.86. The molecule has 4 heteroatoms. The van der Waals surface area contributed by atoms with E-state index >= 15 is 0 Å². The lowest BCUT2D eigenvalue weighted by Gasteiger charge is -2.18. The zero-order chi connectivity index (χ0) is 15.7. The average Bonchev–Trinajstić information content (AvgIpc) is 3.37. The monoisotopic (exact) mass is 346 g/mol. The Kier molecular flexibility index (Phi) is 2.68. The number of fused-ring (bicyclic) bond motifs is 5. The first-order chi connectivity index (χ1) is 11.9. The zero-order valence-corrected chi connectivity index (χ0v) is 14.5. The highest BCUT2D eigenvalue weighted by Gasteiger charge is 2.25. The van der Waals surface area contributed by atoms with Crippen molar-refractivity contribution in [3.8, 4) is 5.82 Å². The first kappa shape index (κ1) is 13.4. The molecule has 0 aliphatic carbocycles. The van der Waals surface area contributed by atoms with Crippen LogP contribution in [0.2, 0.25) is 0 Å². The van der Waals surface area contributed by atoms with Crippen LogP contribution in [0.3, 0.4) is 0 Å². The van der Waals surface area contributed by atoms with E-state index in [0.717, 1.165) is 11.1 Å². The number of pyridine rings is 1. The normalized spacial score (nSPS) is 18.1. The number of benzene rings is 2. The molecule has 0 spiro atoms. The molecule has 6 rings (SSSR count). The first-order valence-corrected chi connectivity index (χ1v) is 10.1. The number of nitrogens with zero attached hydrogens (tertiary/aromatic N) is 2. The molecule has 1 atom stereocenters. The summed E-state index contributed by atoms with van der Waals surface area (Å²) in [6.45, 7) is 0. The fraction of sp³-hybridized carbons (Fsp3) is 0.150. The second-order valence-corrected chi connectivity index (χ2v) is 8.84. The van der Waals surface area contributed by atoms with Crippen LogP contribution in [0.5, 0.6) is 0 Å². The summed E-state index contributed by atoms with van der Waals surface area (Å²) in [6.07, 6.45) is 3.08. The summed E-state index contributed by atoms with van der Waals surface area (Å²) in [5.74, 6) is 2.38. The SMILES string of the molecule is c1cnc2c(c1)Sc1cccc3c4ccc(CC5CS5)cc4n-2c13. The summed E-state index contributed by atoms with van der Waals surface area (Å²) in [7, 11) is 0. The minimum atomic E-state index is 0.824. The van der Waals surface area contributed by atoms with Gasteiger partial charge in [-0.25, -0.2) is 4.98 Å². The topological polar surface area (TPSA) is 17.8 Å². The van der Waals surface area contributed by atoms with Crippen LogP contribution in [0, 0.1) is 0 Å². The van der Waals surface area contributed by atoms with E-state index in [-0.39, 0.29) is 0 Å². The molecule has 4 heterocycles. The van der Waals surface area contributed by atoms with E-state index in [9.17, 15) is 0 Å². The van der Waals surface area contributed by atoms with Crippen LogP contribution < -0.4 is 0 Å². The number of aromatic nitrogens is 2. The number of thioether (sulfide) groups is 1. The molecule has 0 bridgehead atoms. The van der Waals surface area contributed by atoms with Gasteiger partial charge in [0.05, 0.1) is 15.9 Å². The molecule has 2 nitrogen and oxygen atoms in total. The Morgan fingerprint density at radius 1 is 1.04 bits per heavy atom. The van der Waals surface area contributed by atoms with Crippen molar-refractivity contribution in [2.24, 2.45) is 0 Å². The molecule has 116 valence electrons. The molecule has 1 saturated heterocycles. The molecule has 0 amide bonds. The van der Waals surface area contributed by atoms with Gasteiger partial charge in [-0.15, -0.1) is 0 Å². The zero-order valence-electron chi connectivity index (χ0n) is 12.9. The van der Waals surface area contributed by atoms with Crippen LogP contribution in [0.4, 0.5) is 0 Å². The van der Waals surface area contributed by atoms with Gasteiger partial charge < -0.3 is 0 Å². The third-order valence-corrected chi connectivity index (χ3v) is 6.92. The molecule has 2 aliphatic heterocycles. The summed E-state index contributed by atoms with van der Waals surface area (Å²) in [5.41, 5.74) is 4.04. The highest BCUT2D eigenvalue weighted by molar-refractivity contribution is 8.06. The molecule has 1 unspecified atom stereocenters. The minimum Gasteiger partial charge on any atom is -0.292 e. The predicted molar refractivity (Wildman–Crippen MR) is 103 cm³/mol. The average molecular weight is 346 g/mol. The Balaban J connectivity index is 1.74. The largest absolute Gasteiger partial charge is 0.292 e. The second kappa shape index (κ2) is 4.80. The molecular formula is C20H14N2S2. The number of hydrogen-bond acceptors (Lipinski definition) is 3. The Hall–Kier alpha value is -1.91. The standard InChI is InChI=1S/C20H14N2S2/c1-3-15-14-7-6-12(9-13-11-23-13)10-16(14)22-19(15)17(4-1)24-18-5-2-8-21-20(18)22/h1-8,10,13H,9,11H2. The van der Waals surface area contributed by atoms with E-state index in [4.69, 9.17) is 4.98 Å². The van der Waals surface area contributed by atoms with E-state index < -0.39 is 0 Å². The highest BCUT2D eigenvalue weighted by Crippen LogP contribution is 2.46. The highest BCUT2D eigenvalue weighted by atomic mass is 32.2.